The van der Waals surface area contributed by atoms with Crippen LogP contribution in [-0.4, -0.2) is 12.1 Å². The zero-order valence-corrected chi connectivity index (χ0v) is 19.6. The summed E-state index contributed by atoms with van der Waals surface area (Å²) in [7, 11) is 0. The van der Waals surface area contributed by atoms with Crippen molar-refractivity contribution in [3.8, 4) is 0 Å². The Kier molecular flexibility index (Phi) is 10.3. The van der Waals surface area contributed by atoms with Crippen molar-refractivity contribution in [1.29, 1.82) is 0 Å². The van der Waals surface area contributed by atoms with Gasteiger partial charge in [0.1, 0.15) is 5.60 Å². The highest BCUT2D eigenvalue weighted by Gasteiger charge is 2.18. The summed E-state index contributed by atoms with van der Waals surface area (Å²) >= 11 is 0. The van der Waals surface area contributed by atoms with E-state index in [0.29, 0.717) is 11.9 Å². The molecule has 160 valence electrons. The van der Waals surface area contributed by atoms with Gasteiger partial charge in [-0.2, -0.15) is 0 Å². The van der Waals surface area contributed by atoms with Gasteiger partial charge in [-0.1, -0.05) is 52.2 Å². The molecule has 0 amide bonds. The van der Waals surface area contributed by atoms with E-state index >= 15 is 0 Å². The third kappa shape index (κ3) is 9.75. The zero-order chi connectivity index (χ0) is 21.2. The number of carbonyl (C=O) groups excluding carboxylic acids is 1. The highest BCUT2D eigenvalue weighted by molar-refractivity contribution is 5.40. The van der Waals surface area contributed by atoms with Crippen molar-refractivity contribution in [3.05, 3.63) is 34.4 Å². The first-order valence-electron chi connectivity index (χ1n) is 11.3. The van der Waals surface area contributed by atoms with Crippen LogP contribution in [0.2, 0.25) is 0 Å². The van der Waals surface area contributed by atoms with Gasteiger partial charge in [-0.3, -0.25) is 4.79 Å². The summed E-state index contributed by atoms with van der Waals surface area (Å²) in [5.41, 5.74) is 6.09. The molecular formula is C26H44O2. The van der Waals surface area contributed by atoms with Gasteiger partial charge < -0.3 is 4.74 Å². The van der Waals surface area contributed by atoms with Gasteiger partial charge in [-0.15, -0.1) is 0 Å². The van der Waals surface area contributed by atoms with Crippen LogP contribution in [0.3, 0.4) is 0 Å². The highest BCUT2D eigenvalue weighted by Crippen LogP contribution is 2.25. The van der Waals surface area contributed by atoms with E-state index < -0.39 is 0 Å². The van der Waals surface area contributed by atoms with Crippen molar-refractivity contribution < 1.29 is 9.53 Å². The van der Waals surface area contributed by atoms with Crippen LogP contribution in [0.25, 0.3) is 0 Å². The molecule has 0 N–H and O–H groups in total. The van der Waals surface area contributed by atoms with E-state index in [4.69, 9.17) is 4.74 Å². The maximum atomic E-state index is 10.6. The van der Waals surface area contributed by atoms with Crippen molar-refractivity contribution in [2.45, 2.75) is 118 Å². The fourth-order valence-electron chi connectivity index (χ4n) is 3.96. The Labute approximate surface area is 174 Å². The lowest BCUT2D eigenvalue weighted by Crippen LogP contribution is -2.23. The average Bonchev–Trinajstić information content (AvgIpc) is 2.57. The van der Waals surface area contributed by atoms with Crippen LogP contribution in [0.4, 0.5) is 0 Å². The standard InChI is InChI=1S/C26H44O2/c1-21-16-17-23(14-10-8-9-12-18-25(3,4)5)22(2)24(21)15-11-13-19-26(6,7)28-20-27/h16-17,20H,8-15,18-19H2,1-7H3. The van der Waals surface area contributed by atoms with Crippen molar-refractivity contribution in [2.24, 2.45) is 5.41 Å². The summed E-state index contributed by atoms with van der Waals surface area (Å²) in [4.78, 5) is 10.6. The Bertz CT molecular complexity index is 593. The number of hydrogen-bond acceptors (Lipinski definition) is 2. The predicted octanol–water partition coefficient (Wildman–Crippen LogP) is 7.51. The molecule has 0 aliphatic rings. The topological polar surface area (TPSA) is 26.3 Å². The molecule has 1 aromatic rings. The van der Waals surface area contributed by atoms with Gasteiger partial charge in [0.15, 0.2) is 0 Å². The number of aryl methyl sites for hydroxylation is 2. The van der Waals surface area contributed by atoms with Gasteiger partial charge >= 0.3 is 0 Å². The maximum Gasteiger partial charge on any atom is 0.293 e. The number of ether oxygens (including phenoxy) is 1. The third-order valence-electron chi connectivity index (χ3n) is 5.89. The molecule has 2 heteroatoms. The summed E-state index contributed by atoms with van der Waals surface area (Å²) in [6, 6.07) is 4.64. The molecule has 0 bridgehead atoms. The number of hydrogen-bond donors (Lipinski definition) is 0. The van der Waals surface area contributed by atoms with Crippen LogP contribution in [0, 0.1) is 19.3 Å². The van der Waals surface area contributed by atoms with Crippen LogP contribution in [-0.2, 0) is 22.4 Å². The third-order valence-corrected chi connectivity index (χ3v) is 5.89. The van der Waals surface area contributed by atoms with Crippen LogP contribution in [0.15, 0.2) is 12.1 Å². The summed E-state index contributed by atoms with van der Waals surface area (Å²) in [6.07, 6.45) is 12.1. The molecule has 0 aliphatic carbocycles. The Morgan fingerprint density at radius 2 is 1.43 bits per heavy atom. The number of carbonyl (C=O) groups is 1. The van der Waals surface area contributed by atoms with Crippen molar-refractivity contribution in [1.82, 2.24) is 0 Å². The van der Waals surface area contributed by atoms with Gasteiger partial charge in [-0.05, 0) is 100 Å². The van der Waals surface area contributed by atoms with E-state index in [1.54, 1.807) is 0 Å². The lowest BCUT2D eigenvalue weighted by Gasteiger charge is -2.22. The zero-order valence-electron chi connectivity index (χ0n) is 19.6. The maximum absolute atomic E-state index is 10.6. The molecule has 2 nitrogen and oxygen atoms in total. The minimum atomic E-state index is -0.347. The molecule has 0 radical (unpaired) electrons. The molecule has 0 saturated carbocycles. The van der Waals surface area contributed by atoms with Gasteiger partial charge in [0.2, 0.25) is 0 Å². The Hall–Kier alpha value is -1.31. The van der Waals surface area contributed by atoms with E-state index in [1.807, 2.05) is 13.8 Å². The normalized spacial score (nSPS) is 12.2. The van der Waals surface area contributed by atoms with E-state index in [9.17, 15) is 4.79 Å². The van der Waals surface area contributed by atoms with Crippen molar-refractivity contribution in [3.63, 3.8) is 0 Å². The predicted molar refractivity (Wildman–Crippen MR) is 121 cm³/mol. The molecule has 28 heavy (non-hydrogen) atoms. The molecule has 0 heterocycles. The van der Waals surface area contributed by atoms with Crippen LogP contribution in [0.5, 0.6) is 0 Å². The summed E-state index contributed by atoms with van der Waals surface area (Å²) < 4.78 is 5.16. The Morgan fingerprint density at radius 1 is 0.821 bits per heavy atom. The van der Waals surface area contributed by atoms with E-state index in [-0.39, 0.29) is 5.60 Å². The van der Waals surface area contributed by atoms with Crippen molar-refractivity contribution >= 4 is 6.47 Å². The first-order chi connectivity index (χ1) is 13.1. The van der Waals surface area contributed by atoms with Gasteiger partial charge in [0, 0.05) is 0 Å². The molecule has 0 aromatic heterocycles. The summed E-state index contributed by atoms with van der Waals surface area (Å²) in [5.74, 6) is 0. The minimum Gasteiger partial charge on any atom is -0.462 e. The van der Waals surface area contributed by atoms with Crippen LogP contribution >= 0.6 is 0 Å². The number of benzene rings is 1. The lowest BCUT2D eigenvalue weighted by atomic mass is 9.88. The largest absolute Gasteiger partial charge is 0.462 e. The minimum absolute atomic E-state index is 0.347. The van der Waals surface area contributed by atoms with Crippen LogP contribution in [0.1, 0.15) is 108 Å². The van der Waals surface area contributed by atoms with E-state index in [0.717, 1.165) is 25.7 Å². The molecule has 0 unspecified atom stereocenters. The van der Waals surface area contributed by atoms with E-state index in [2.05, 4.69) is 46.8 Å². The fourth-order valence-corrected chi connectivity index (χ4v) is 3.96. The van der Waals surface area contributed by atoms with Gasteiger partial charge in [0.05, 0.1) is 0 Å². The second-order valence-electron chi connectivity index (χ2n) is 10.3. The quantitative estimate of drug-likeness (QED) is 0.258. The Morgan fingerprint density at radius 3 is 2.07 bits per heavy atom. The number of rotatable bonds is 13. The Balaban J connectivity index is 2.46. The highest BCUT2D eigenvalue weighted by atomic mass is 16.5. The second-order valence-corrected chi connectivity index (χ2v) is 10.3. The SMILES string of the molecule is Cc1ccc(CCCCCCC(C)(C)C)c(C)c1CCCCC(C)(C)OC=O. The first kappa shape index (κ1) is 24.7. The lowest BCUT2D eigenvalue weighted by molar-refractivity contribution is -0.140. The molecular weight excluding hydrogens is 344 g/mol. The van der Waals surface area contributed by atoms with E-state index in [1.165, 1.54) is 60.8 Å². The molecule has 0 aliphatic heterocycles. The average molecular weight is 389 g/mol. The second kappa shape index (κ2) is 11.6. The molecule has 1 aromatic carbocycles. The molecule has 0 spiro atoms. The molecule has 0 fully saturated rings. The summed E-state index contributed by atoms with van der Waals surface area (Å²) in [6.45, 7) is 16.1. The molecule has 1 rings (SSSR count). The monoisotopic (exact) mass is 388 g/mol. The smallest absolute Gasteiger partial charge is 0.293 e. The van der Waals surface area contributed by atoms with Gasteiger partial charge in [0.25, 0.3) is 6.47 Å². The van der Waals surface area contributed by atoms with Crippen molar-refractivity contribution in [2.75, 3.05) is 0 Å². The molecule has 0 atom stereocenters. The first-order valence-corrected chi connectivity index (χ1v) is 11.3. The number of unbranched alkanes of at least 4 members (excludes halogenated alkanes) is 4. The van der Waals surface area contributed by atoms with Crippen LogP contribution < -0.4 is 0 Å². The summed E-state index contributed by atoms with van der Waals surface area (Å²) in [5, 5.41) is 0. The van der Waals surface area contributed by atoms with Gasteiger partial charge in [-0.25, -0.2) is 0 Å². The fraction of sp³-hybridized carbons (Fsp3) is 0.731. The molecule has 0 saturated heterocycles.